The minimum Gasteiger partial charge on any atom is -0.380 e. The van der Waals surface area contributed by atoms with Crippen LogP contribution in [-0.4, -0.2) is 21.5 Å². The Bertz CT molecular complexity index is 1210. The van der Waals surface area contributed by atoms with E-state index >= 15 is 0 Å². The van der Waals surface area contributed by atoms with Gasteiger partial charge in [0.05, 0.1) is 17.6 Å². The van der Waals surface area contributed by atoms with E-state index in [0.29, 0.717) is 24.9 Å². The average Bonchev–Trinajstić information content (AvgIpc) is 3.18. The fourth-order valence-corrected chi connectivity index (χ4v) is 3.75. The van der Waals surface area contributed by atoms with Crippen molar-refractivity contribution >= 4 is 23.3 Å². The number of benzene rings is 1. The first-order valence-electron chi connectivity index (χ1n) is 10.4. The molecular formula is C26H25N3O2. The van der Waals surface area contributed by atoms with E-state index in [0.717, 1.165) is 44.9 Å². The molecule has 3 aromatic rings. The van der Waals surface area contributed by atoms with Gasteiger partial charge in [-0.05, 0) is 67.3 Å². The number of carbonyl (C=O) groups excluding carboxylic acids is 2. The molecule has 5 heteroatoms. The summed E-state index contributed by atoms with van der Waals surface area (Å²) < 4.78 is 0. The van der Waals surface area contributed by atoms with E-state index in [-0.39, 0.29) is 11.6 Å². The zero-order valence-corrected chi connectivity index (χ0v) is 18.0. The van der Waals surface area contributed by atoms with Crippen molar-refractivity contribution < 1.29 is 9.59 Å². The highest BCUT2D eigenvalue weighted by molar-refractivity contribution is 6.00. The molecule has 0 amide bonds. The summed E-state index contributed by atoms with van der Waals surface area (Å²) in [5.74, 6) is 0.181. The third-order valence-corrected chi connectivity index (χ3v) is 5.62. The lowest BCUT2D eigenvalue weighted by Crippen LogP contribution is -2.07. The van der Waals surface area contributed by atoms with E-state index in [1.807, 2.05) is 37.4 Å². The van der Waals surface area contributed by atoms with Gasteiger partial charge in [-0.2, -0.15) is 0 Å². The lowest BCUT2D eigenvalue weighted by atomic mass is 9.99. The molecule has 1 aliphatic carbocycles. The zero-order valence-electron chi connectivity index (χ0n) is 18.0. The molecule has 0 atom stereocenters. The van der Waals surface area contributed by atoms with Gasteiger partial charge in [-0.1, -0.05) is 18.2 Å². The van der Waals surface area contributed by atoms with Gasteiger partial charge in [0.1, 0.15) is 0 Å². The van der Waals surface area contributed by atoms with Crippen LogP contribution in [0, 0.1) is 13.8 Å². The molecular weight excluding hydrogens is 386 g/mol. The number of aryl methyl sites for hydroxylation is 2. The first kappa shape index (κ1) is 20.7. The molecule has 31 heavy (non-hydrogen) atoms. The number of carbonyl (C=O) groups is 2. The Morgan fingerprint density at radius 3 is 2.68 bits per heavy atom. The molecule has 1 N–H and O–H groups in total. The van der Waals surface area contributed by atoms with Crippen LogP contribution in [0.4, 0.5) is 5.69 Å². The van der Waals surface area contributed by atoms with Crippen LogP contribution < -0.4 is 5.32 Å². The van der Waals surface area contributed by atoms with E-state index < -0.39 is 0 Å². The Morgan fingerprint density at radius 2 is 1.90 bits per heavy atom. The second-order valence-electron chi connectivity index (χ2n) is 8.06. The monoisotopic (exact) mass is 411 g/mol. The predicted molar refractivity (Wildman–Crippen MR) is 122 cm³/mol. The van der Waals surface area contributed by atoms with Crippen LogP contribution in [0.5, 0.6) is 0 Å². The van der Waals surface area contributed by atoms with Gasteiger partial charge in [-0.15, -0.1) is 0 Å². The molecule has 0 unspecified atom stereocenters. The number of aromatic nitrogens is 2. The van der Waals surface area contributed by atoms with E-state index in [2.05, 4.69) is 34.3 Å². The van der Waals surface area contributed by atoms with Crippen molar-refractivity contribution in [3.05, 3.63) is 93.6 Å². The lowest BCUT2D eigenvalue weighted by molar-refractivity contribution is -0.113. The Kier molecular flexibility index (Phi) is 5.76. The first-order chi connectivity index (χ1) is 14.9. The van der Waals surface area contributed by atoms with Gasteiger partial charge >= 0.3 is 0 Å². The number of hydrogen-bond acceptors (Lipinski definition) is 5. The molecule has 4 rings (SSSR count). The van der Waals surface area contributed by atoms with Crippen molar-refractivity contribution in [3.8, 4) is 0 Å². The number of fused-ring (bicyclic) bond motifs is 1. The van der Waals surface area contributed by atoms with E-state index in [9.17, 15) is 9.59 Å². The van der Waals surface area contributed by atoms with Gasteiger partial charge in [0.25, 0.3) is 0 Å². The third kappa shape index (κ3) is 4.77. The number of allylic oxidation sites excluding steroid dienone is 1. The first-order valence-corrected chi connectivity index (χ1v) is 10.4. The summed E-state index contributed by atoms with van der Waals surface area (Å²) in [6.07, 6.45) is 6.37. The molecule has 1 aliphatic rings. The fourth-order valence-electron chi connectivity index (χ4n) is 3.75. The fraction of sp³-hybridized carbons (Fsp3) is 0.231. The summed E-state index contributed by atoms with van der Waals surface area (Å²) in [6.45, 7) is 6.17. The van der Waals surface area contributed by atoms with Gasteiger partial charge < -0.3 is 5.32 Å². The second kappa shape index (κ2) is 8.64. The second-order valence-corrected chi connectivity index (χ2v) is 8.06. The van der Waals surface area contributed by atoms with Crippen molar-refractivity contribution in [1.82, 2.24) is 9.97 Å². The SMILES string of the molecule is CC(=O)C1=Cc2cc(NCc3cc(CC(=O)c4ccnc(C)c4)ccc3C)cnc2C1. The molecule has 0 radical (unpaired) electrons. The van der Waals surface area contributed by atoms with Crippen molar-refractivity contribution in [2.24, 2.45) is 0 Å². The Balaban J connectivity index is 1.46. The van der Waals surface area contributed by atoms with Gasteiger partial charge in [-0.3, -0.25) is 19.6 Å². The molecule has 0 aliphatic heterocycles. The van der Waals surface area contributed by atoms with Crippen molar-refractivity contribution in [1.29, 1.82) is 0 Å². The number of nitrogens with zero attached hydrogens (tertiary/aromatic N) is 2. The van der Waals surface area contributed by atoms with Crippen molar-refractivity contribution in [3.63, 3.8) is 0 Å². The molecule has 5 nitrogen and oxygen atoms in total. The molecule has 0 saturated carbocycles. The zero-order chi connectivity index (χ0) is 22.0. The Hall–Kier alpha value is -3.60. The minimum atomic E-state index is 0.0872. The number of hydrogen-bond donors (Lipinski definition) is 1. The van der Waals surface area contributed by atoms with Crippen LogP contribution in [-0.2, 0) is 24.2 Å². The van der Waals surface area contributed by atoms with Crippen LogP contribution in [0.3, 0.4) is 0 Å². The molecule has 0 fully saturated rings. The molecule has 1 aromatic carbocycles. The van der Waals surface area contributed by atoms with Gasteiger partial charge in [0.2, 0.25) is 0 Å². The Labute approximate surface area is 182 Å². The summed E-state index contributed by atoms with van der Waals surface area (Å²) >= 11 is 0. The molecule has 156 valence electrons. The highest BCUT2D eigenvalue weighted by Crippen LogP contribution is 2.26. The van der Waals surface area contributed by atoms with E-state index in [4.69, 9.17) is 0 Å². The standard InChI is InChI=1S/C26H25N3O2/c1-16-4-5-19(10-26(31)20-6-7-27-17(2)8-20)9-23(16)14-28-24-12-22-11-21(18(3)30)13-25(22)29-15-24/h4-9,11-12,15,28H,10,13-14H2,1-3H3. The van der Waals surface area contributed by atoms with Crippen LogP contribution >= 0.6 is 0 Å². The van der Waals surface area contributed by atoms with Crippen LogP contribution in [0.2, 0.25) is 0 Å². The summed E-state index contributed by atoms with van der Waals surface area (Å²) in [7, 11) is 0. The summed E-state index contributed by atoms with van der Waals surface area (Å²) in [5, 5.41) is 3.43. The smallest absolute Gasteiger partial charge is 0.167 e. The molecule has 2 aromatic heterocycles. The van der Waals surface area contributed by atoms with Gasteiger partial charge in [-0.25, -0.2) is 0 Å². The van der Waals surface area contributed by atoms with E-state index in [1.165, 1.54) is 0 Å². The maximum Gasteiger partial charge on any atom is 0.167 e. The summed E-state index contributed by atoms with van der Waals surface area (Å²) in [4.78, 5) is 32.9. The van der Waals surface area contributed by atoms with E-state index in [1.54, 1.807) is 19.2 Å². The topological polar surface area (TPSA) is 72.0 Å². The van der Waals surface area contributed by atoms with Crippen molar-refractivity contribution in [2.75, 3.05) is 5.32 Å². The number of nitrogens with one attached hydrogen (secondary N) is 1. The number of rotatable bonds is 7. The molecule has 0 saturated heterocycles. The molecule has 0 bridgehead atoms. The normalized spacial score (nSPS) is 12.3. The van der Waals surface area contributed by atoms with Gasteiger partial charge in [0.15, 0.2) is 11.6 Å². The van der Waals surface area contributed by atoms with Gasteiger partial charge in [0, 0.05) is 42.4 Å². The average molecular weight is 412 g/mol. The highest BCUT2D eigenvalue weighted by Gasteiger charge is 2.17. The maximum absolute atomic E-state index is 12.6. The van der Waals surface area contributed by atoms with Crippen molar-refractivity contribution in [2.45, 2.75) is 40.2 Å². The molecule has 0 spiro atoms. The van der Waals surface area contributed by atoms with Crippen LogP contribution in [0.1, 0.15) is 50.9 Å². The predicted octanol–water partition coefficient (Wildman–Crippen LogP) is 4.66. The quantitative estimate of drug-likeness (QED) is 0.573. The highest BCUT2D eigenvalue weighted by atomic mass is 16.1. The molecule has 2 heterocycles. The third-order valence-electron chi connectivity index (χ3n) is 5.62. The number of anilines is 1. The number of Topliss-reactive ketones (excluding diaryl/α,β-unsaturated/α-hetero) is 2. The number of ketones is 2. The maximum atomic E-state index is 12.6. The summed E-state index contributed by atoms with van der Waals surface area (Å²) in [6, 6.07) is 11.8. The largest absolute Gasteiger partial charge is 0.380 e. The number of pyridine rings is 2. The van der Waals surface area contributed by atoms with Crippen LogP contribution in [0.25, 0.3) is 6.08 Å². The summed E-state index contributed by atoms with van der Waals surface area (Å²) in [5.41, 5.74) is 8.47. The van der Waals surface area contributed by atoms with Crippen LogP contribution in [0.15, 0.2) is 54.4 Å². The lowest BCUT2D eigenvalue weighted by Gasteiger charge is -2.12. The minimum absolute atomic E-state index is 0.0872. The Morgan fingerprint density at radius 1 is 1.06 bits per heavy atom.